The van der Waals surface area contributed by atoms with Crippen LogP contribution in [-0.4, -0.2) is 48.6 Å². The van der Waals surface area contributed by atoms with Gasteiger partial charge in [-0.15, -0.1) is 0 Å². The number of piperazine rings is 1. The molecule has 1 fully saturated rings. The van der Waals surface area contributed by atoms with Crippen molar-refractivity contribution in [2.24, 2.45) is 4.99 Å². The summed E-state index contributed by atoms with van der Waals surface area (Å²) in [7, 11) is 0. The topological polar surface area (TPSA) is 40.1 Å². The van der Waals surface area contributed by atoms with Crippen molar-refractivity contribution in [1.29, 1.82) is 0 Å². The number of hydrogen-bond acceptors (Lipinski definition) is 5. The van der Waals surface area contributed by atoms with E-state index in [1.54, 1.807) is 0 Å². The molecule has 37 heavy (non-hydrogen) atoms. The largest absolute Gasteiger partial charge is 0.493 e. The third-order valence-corrected chi connectivity index (χ3v) is 7.50. The highest BCUT2D eigenvalue weighted by Crippen LogP contribution is 2.45. The van der Waals surface area contributed by atoms with Crippen LogP contribution in [0, 0.1) is 0 Å². The predicted octanol–water partition coefficient (Wildman–Crippen LogP) is 6.93. The molecule has 0 aliphatic carbocycles. The minimum Gasteiger partial charge on any atom is -0.493 e. The molecule has 0 bridgehead atoms. The molecular weight excluding hydrogens is 503 g/mol. The van der Waals surface area contributed by atoms with E-state index in [4.69, 9.17) is 32.9 Å². The molecule has 0 spiro atoms. The van der Waals surface area contributed by atoms with E-state index in [1.807, 2.05) is 30.3 Å². The Hall–Kier alpha value is -2.57. The molecule has 0 radical (unpaired) electrons. The second kappa shape index (κ2) is 12.3. The Kier molecular flexibility index (Phi) is 8.67. The molecular formula is C30H34Cl2N4O. The summed E-state index contributed by atoms with van der Waals surface area (Å²) < 4.78 is 6.33. The summed E-state index contributed by atoms with van der Waals surface area (Å²) in [4.78, 5) is 5.42. The molecule has 2 heterocycles. The van der Waals surface area contributed by atoms with E-state index >= 15 is 0 Å². The van der Waals surface area contributed by atoms with Gasteiger partial charge in [-0.1, -0.05) is 79.4 Å². The van der Waals surface area contributed by atoms with Crippen molar-refractivity contribution >= 4 is 29.0 Å². The van der Waals surface area contributed by atoms with Crippen molar-refractivity contribution in [2.45, 2.75) is 38.3 Å². The smallest absolute Gasteiger partial charge is 0.150 e. The SMILES string of the molecule is CCCCCOc1ccccc1C1=NC(c2ccc(Cl)cc2)C(c2ccc(Cl)cc2)N1N1CCNCC1. The van der Waals surface area contributed by atoms with E-state index in [2.05, 4.69) is 64.7 Å². The van der Waals surface area contributed by atoms with Gasteiger partial charge in [0.2, 0.25) is 0 Å². The van der Waals surface area contributed by atoms with Crippen LogP contribution in [0.25, 0.3) is 0 Å². The van der Waals surface area contributed by atoms with Crippen LogP contribution in [-0.2, 0) is 0 Å². The number of aliphatic imine (C=N–C) groups is 1. The van der Waals surface area contributed by atoms with Gasteiger partial charge in [0, 0.05) is 36.2 Å². The van der Waals surface area contributed by atoms with Gasteiger partial charge in [0.15, 0.2) is 5.84 Å². The van der Waals surface area contributed by atoms with Crippen molar-refractivity contribution in [3.63, 3.8) is 0 Å². The first kappa shape index (κ1) is 26.1. The van der Waals surface area contributed by atoms with Gasteiger partial charge in [-0.05, 0) is 53.9 Å². The minimum atomic E-state index is -0.114. The van der Waals surface area contributed by atoms with Gasteiger partial charge in [0.1, 0.15) is 11.8 Å². The first-order valence-corrected chi connectivity index (χ1v) is 14.0. The predicted molar refractivity (Wildman–Crippen MR) is 153 cm³/mol. The average molecular weight is 538 g/mol. The molecule has 2 atom stereocenters. The maximum atomic E-state index is 6.33. The first-order chi connectivity index (χ1) is 18.2. The zero-order valence-electron chi connectivity index (χ0n) is 21.2. The van der Waals surface area contributed by atoms with Crippen LogP contribution in [0.15, 0.2) is 77.8 Å². The zero-order valence-corrected chi connectivity index (χ0v) is 22.8. The molecule has 3 aromatic rings. The van der Waals surface area contributed by atoms with Crippen LogP contribution in [0.5, 0.6) is 5.75 Å². The van der Waals surface area contributed by atoms with Gasteiger partial charge >= 0.3 is 0 Å². The number of hydrazine groups is 1. The quantitative estimate of drug-likeness (QED) is 0.301. The van der Waals surface area contributed by atoms with Crippen molar-refractivity contribution < 1.29 is 4.74 Å². The number of hydrogen-bond donors (Lipinski definition) is 1. The van der Waals surface area contributed by atoms with Gasteiger partial charge in [-0.2, -0.15) is 0 Å². The molecule has 0 aromatic heterocycles. The Labute approximate surface area is 230 Å². The highest BCUT2D eigenvalue weighted by molar-refractivity contribution is 6.30. The molecule has 194 valence electrons. The van der Waals surface area contributed by atoms with Crippen molar-refractivity contribution in [3.05, 3.63) is 99.5 Å². The van der Waals surface area contributed by atoms with Gasteiger partial charge in [0.05, 0.1) is 18.2 Å². The Bertz CT molecular complexity index is 1190. The number of rotatable bonds is 9. The molecule has 0 saturated carbocycles. The second-order valence-electron chi connectivity index (χ2n) is 9.55. The van der Waals surface area contributed by atoms with E-state index in [0.29, 0.717) is 6.61 Å². The lowest BCUT2D eigenvalue weighted by molar-refractivity contribution is 0.000335. The van der Waals surface area contributed by atoms with E-state index in [-0.39, 0.29) is 12.1 Å². The van der Waals surface area contributed by atoms with Crippen LogP contribution in [0.4, 0.5) is 0 Å². The lowest BCUT2D eigenvalue weighted by Gasteiger charge is -2.42. The maximum absolute atomic E-state index is 6.33. The zero-order chi connectivity index (χ0) is 25.6. The van der Waals surface area contributed by atoms with Gasteiger partial charge < -0.3 is 10.1 Å². The molecule has 1 N–H and O–H groups in total. The van der Waals surface area contributed by atoms with Gasteiger partial charge in [0.25, 0.3) is 0 Å². The summed E-state index contributed by atoms with van der Waals surface area (Å²) in [5.74, 6) is 1.82. The normalized spacial score (nSPS) is 20.2. The molecule has 5 rings (SSSR count). The monoisotopic (exact) mass is 536 g/mol. The number of benzene rings is 3. The number of unbranched alkanes of at least 4 members (excludes halogenated alkanes) is 2. The van der Waals surface area contributed by atoms with E-state index in [1.165, 1.54) is 12.0 Å². The summed E-state index contributed by atoms with van der Waals surface area (Å²) in [5, 5.41) is 9.77. The number of para-hydroxylation sites is 1. The highest BCUT2D eigenvalue weighted by Gasteiger charge is 2.42. The standard InChI is InChI=1S/C30H34Cl2N4O/c1-2-3-6-21-37-27-8-5-4-7-26(27)30-34-28(22-9-13-24(31)14-10-22)29(23-11-15-25(32)16-12-23)36(30)35-19-17-33-18-20-35/h4-5,7-16,28-29,33H,2-3,6,17-21H2,1H3. The Balaban J connectivity index is 1.61. The summed E-state index contributed by atoms with van der Waals surface area (Å²) in [6, 6.07) is 24.4. The van der Waals surface area contributed by atoms with Crippen LogP contribution in [0.1, 0.15) is 55.0 Å². The van der Waals surface area contributed by atoms with Gasteiger partial charge in [-0.3, -0.25) is 10.0 Å². The van der Waals surface area contributed by atoms with Crippen LogP contribution in [0.2, 0.25) is 10.0 Å². The second-order valence-corrected chi connectivity index (χ2v) is 10.4. The van der Waals surface area contributed by atoms with Crippen molar-refractivity contribution in [1.82, 2.24) is 15.3 Å². The number of nitrogens with zero attached hydrogens (tertiary/aromatic N) is 3. The Morgan fingerprint density at radius 1 is 0.865 bits per heavy atom. The summed E-state index contributed by atoms with van der Waals surface area (Å²) in [6.07, 6.45) is 3.37. The fourth-order valence-electron chi connectivity index (χ4n) is 5.11. The maximum Gasteiger partial charge on any atom is 0.150 e. The Morgan fingerprint density at radius 3 is 2.19 bits per heavy atom. The molecule has 7 heteroatoms. The molecule has 2 aliphatic heterocycles. The lowest BCUT2D eigenvalue weighted by Crippen LogP contribution is -2.54. The average Bonchev–Trinajstić information content (AvgIpc) is 3.33. The van der Waals surface area contributed by atoms with E-state index in [0.717, 1.165) is 71.8 Å². The molecule has 1 saturated heterocycles. The molecule has 5 nitrogen and oxygen atoms in total. The van der Waals surface area contributed by atoms with Crippen molar-refractivity contribution in [2.75, 3.05) is 32.8 Å². The Morgan fingerprint density at radius 2 is 1.51 bits per heavy atom. The summed E-state index contributed by atoms with van der Waals surface area (Å²) >= 11 is 12.6. The highest BCUT2D eigenvalue weighted by atomic mass is 35.5. The van der Waals surface area contributed by atoms with Gasteiger partial charge in [-0.25, -0.2) is 5.01 Å². The van der Waals surface area contributed by atoms with E-state index < -0.39 is 0 Å². The number of amidine groups is 1. The van der Waals surface area contributed by atoms with Crippen LogP contribution < -0.4 is 10.1 Å². The number of ether oxygens (including phenoxy) is 1. The third-order valence-electron chi connectivity index (χ3n) is 7.00. The van der Waals surface area contributed by atoms with Crippen LogP contribution in [0.3, 0.4) is 0 Å². The first-order valence-electron chi connectivity index (χ1n) is 13.2. The minimum absolute atomic E-state index is 0.0281. The fourth-order valence-corrected chi connectivity index (χ4v) is 5.36. The fraction of sp³-hybridized carbons (Fsp3) is 0.367. The summed E-state index contributed by atoms with van der Waals surface area (Å²) in [5.41, 5.74) is 3.32. The molecule has 2 aliphatic rings. The summed E-state index contributed by atoms with van der Waals surface area (Å²) in [6.45, 7) is 6.56. The molecule has 2 unspecified atom stereocenters. The lowest BCUT2D eigenvalue weighted by atomic mass is 9.94. The number of halogens is 2. The van der Waals surface area contributed by atoms with Crippen molar-refractivity contribution in [3.8, 4) is 5.75 Å². The molecule has 3 aromatic carbocycles. The third kappa shape index (κ3) is 5.96. The van der Waals surface area contributed by atoms with E-state index in [9.17, 15) is 0 Å². The molecule has 0 amide bonds. The number of nitrogens with one attached hydrogen (secondary N) is 1. The van der Waals surface area contributed by atoms with Crippen LogP contribution >= 0.6 is 23.2 Å².